The molecule has 4 nitrogen and oxygen atoms in total. The first-order chi connectivity index (χ1) is 16.4. The van der Waals surface area contributed by atoms with E-state index in [2.05, 4.69) is 68.4 Å². The fourth-order valence-corrected chi connectivity index (χ4v) is 6.32. The van der Waals surface area contributed by atoms with Gasteiger partial charge in [-0.15, -0.1) is 23.1 Å². The molecule has 1 heterocycles. The lowest BCUT2D eigenvalue weighted by Gasteiger charge is -2.17. The van der Waals surface area contributed by atoms with Crippen LogP contribution in [0, 0.1) is 20.8 Å². The van der Waals surface area contributed by atoms with Crippen molar-refractivity contribution in [2.45, 2.75) is 37.3 Å². The van der Waals surface area contributed by atoms with Gasteiger partial charge in [-0.1, -0.05) is 60.2 Å². The van der Waals surface area contributed by atoms with Gasteiger partial charge < -0.3 is 9.84 Å². The summed E-state index contributed by atoms with van der Waals surface area (Å²) < 4.78 is 5.40. The molecular formula is C28H27NO3S2. The Morgan fingerprint density at radius 3 is 2.44 bits per heavy atom. The summed E-state index contributed by atoms with van der Waals surface area (Å²) in [4.78, 5) is 18.2. The van der Waals surface area contributed by atoms with E-state index in [9.17, 15) is 4.79 Å². The highest BCUT2D eigenvalue weighted by atomic mass is 32.2. The molecule has 0 radical (unpaired) electrons. The number of ether oxygens (including phenoxy) is 1. The van der Waals surface area contributed by atoms with E-state index in [-0.39, 0.29) is 11.9 Å². The largest absolute Gasteiger partial charge is 0.482 e. The van der Waals surface area contributed by atoms with Crippen molar-refractivity contribution in [2.75, 3.05) is 6.61 Å². The van der Waals surface area contributed by atoms with Gasteiger partial charge in [0.2, 0.25) is 0 Å². The highest BCUT2D eigenvalue weighted by Crippen LogP contribution is 2.44. The third kappa shape index (κ3) is 6.07. The minimum atomic E-state index is -0.981. The van der Waals surface area contributed by atoms with E-state index < -0.39 is 5.97 Å². The molecule has 0 aliphatic rings. The number of aromatic nitrogens is 1. The van der Waals surface area contributed by atoms with Crippen LogP contribution in [0.3, 0.4) is 0 Å². The molecule has 0 saturated heterocycles. The first-order valence-corrected chi connectivity index (χ1v) is 12.8. The number of rotatable bonds is 9. The summed E-state index contributed by atoms with van der Waals surface area (Å²) in [5, 5.41) is 10.1. The van der Waals surface area contributed by atoms with Crippen LogP contribution in [-0.2, 0) is 11.2 Å². The monoisotopic (exact) mass is 489 g/mol. The van der Waals surface area contributed by atoms with E-state index in [0.29, 0.717) is 5.75 Å². The molecule has 0 amide bonds. The van der Waals surface area contributed by atoms with Crippen LogP contribution in [0.1, 0.15) is 32.5 Å². The van der Waals surface area contributed by atoms with E-state index in [0.717, 1.165) is 33.1 Å². The van der Waals surface area contributed by atoms with E-state index in [1.807, 2.05) is 36.9 Å². The summed E-state index contributed by atoms with van der Waals surface area (Å²) in [5.74, 6) is -0.382. The maximum Gasteiger partial charge on any atom is 0.341 e. The van der Waals surface area contributed by atoms with Crippen molar-refractivity contribution in [3.8, 4) is 16.3 Å². The van der Waals surface area contributed by atoms with Crippen molar-refractivity contribution >= 4 is 29.1 Å². The molecule has 0 saturated carbocycles. The van der Waals surface area contributed by atoms with Crippen LogP contribution in [0.4, 0.5) is 0 Å². The predicted octanol–water partition coefficient (Wildman–Crippen LogP) is 7.27. The molecule has 4 rings (SSSR count). The first kappa shape index (κ1) is 24.0. The number of nitrogens with zero attached hydrogens (tertiary/aromatic N) is 1. The number of hydrogen-bond donors (Lipinski definition) is 1. The van der Waals surface area contributed by atoms with Gasteiger partial charge in [-0.25, -0.2) is 9.78 Å². The minimum Gasteiger partial charge on any atom is -0.482 e. The Bertz CT molecular complexity index is 1270. The lowest BCUT2D eigenvalue weighted by Crippen LogP contribution is -2.10. The SMILES string of the molecule is Cc1ccc(-c2nc(C)c(C(Cc3ccccc3)Sc3ccc(OCC(=O)O)c(C)c3)s2)cc1. The van der Waals surface area contributed by atoms with Gasteiger partial charge in [0.25, 0.3) is 0 Å². The molecule has 0 aliphatic carbocycles. The number of thioether (sulfide) groups is 1. The number of aliphatic carboxylic acids is 1. The first-order valence-electron chi connectivity index (χ1n) is 11.1. The molecule has 0 spiro atoms. The Balaban J connectivity index is 1.63. The van der Waals surface area contributed by atoms with Crippen LogP contribution >= 0.6 is 23.1 Å². The van der Waals surface area contributed by atoms with E-state index in [4.69, 9.17) is 14.8 Å². The fraction of sp³-hybridized carbons (Fsp3) is 0.214. The third-order valence-corrected chi connectivity index (χ3v) is 8.15. The Morgan fingerprint density at radius 2 is 1.76 bits per heavy atom. The number of thiazole rings is 1. The molecule has 0 bridgehead atoms. The van der Waals surface area contributed by atoms with Gasteiger partial charge >= 0.3 is 5.97 Å². The number of aryl methyl sites for hydroxylation is 3. The standard InChI is InChI=1S/C28H27NO3S2/c1-18-9-11-22(12-10-18)28-29-20(3)27(34-28)25(16-21-7-5-4-6-8-21)33-23-13-14-24(19(2)15-23)32-17-26(30)31/h4-15,25H,16-17H2,1-3H3,(H,30,31). The quantitative estimate of drug-likeness (QED) is 0.250. The van der Waals surface area contributed by atoms with Crippen molar-refractivity contribution in [1.82, 2.24) is 4.98 Å². The second kappa shape index (κ2) is 10.9. The fourth-order valence-electron chi connectivity index (χ4n) is 3.70. The zero-order valence-corrected chi connectivity index (χ0v) is 21.1. The van der Waals surface area contributed by atoms with Gasteiger partial charge in [-0.3, -0.25) is 0 Å². The molecule has 3 aromatic carbocycles. The van der Waals surface area contributed by atoms with Gasteiger partial charge in [-0.05, 0) is 56.5 Å². The number of carboxylic acid groups (broad SMARTS) is 1. The van der Waals surface area contributed by atoms with Crippen LogP contribution in [0.15, 0.2) is 77.7 Å². The van der Waals surface area contributed by atoms with Gasteiger partial charge in [0.05, 0.1) is 5.69 Å². The van der Waals surface area contributed by atoms with Crippen molar-refractivity contribution in [3.05, 3.63) is 100 Å². The Labute approximate surface area is 208 Å². The number of carboxylic acids is 1. The molecule has 0 aliphatic heterocycles. The van der Waals surface area contributed by atoms with E-state index in [1.54, 1.807) is 11.3 Å². The van der Waals surface area contributed by atoms with Crippen molar-refractivity contribution < 1.29 is 14.6 Å². The lowest BCUT2D eigenvalue weighted by molar-refractivity contribution is -0.139. The van der Waals surface area contributed by atoms with Crippen LogP contribution < -0.4 is 4.74 Å². The maximum atomic E-state index is 10.8. The average Bonchev–Trinajstić information content (AvgIpc) is 3.20. The average molecular weight is 490 g/mol. The summed E-state index contributed by atoms with van der Waals surface area (Å²) in [6, 6.07) is 25.0. The second-order valence-electron chi connectivity index (χ2n) is 8.24. The zero-order valence-electron chi connectivity index (χ0n) is 19.4. The van der Waals surface area contributed by atoms with Gasteiger partial charge in [0.15, 0.2) is 6.61 Å². The molecule has 4 aromatic rings. The topological polar surface area (TPSA) is 59.4 Å². The number of hydrogen-bond acceptors (Lipinski definition) is 5. The molecule has 1 N–H and O–H groups in total. The second-order valence-corrected chi connectivity index (χ2v) is 10.5. The molecule has 0 fully saturated rings. The Hall–Kier alpha value is -3.09. The zero-order chi connectivity index (χ0) is 24.1. The minimum absolute atomic E-state index is 0.198. The lowest BCUT2D eigenvalue weighted by atomic mass is 10.1. The van der Waals surface area contributed by atoms with Gasteiger partial charge in [0.1, 0.15) is 10.8 Å². The summed E-state index contributed by atoms with van der Waals surface area (Å²) in [6.45, 7) is 5.79. The molecule has 1 aromatic heterocycles. The van der Waals surface area contributed by atoms with Crippen molar-refractivity contribution in [3.63, 3.8) is 0 Å². The summed E-state index contributed by atoms with van der Waals surface area (Å²) >= 11 is 3.57. The summed E-state index contributed by atoms with van der Waals surface area (Å²) in [5.41, 5.74) is 5.64. The Kier molecular flexibility index (Phi) is 7.70. The normalized spacial score (nSPS) is 11.9. The Morgan fingerprint density at radius 1 is 1.03 bits per heavy atom. The number of carbonyl (C=O) groups is 1. The van der Waals surface area contributed by atoms with Gasteiger partial charge in [-0.2, -0.15) is 0 Å². The van der Waals surface area contributed by atoms with Crippen molar-refractivity contribution in [2.24, 2.45) is 0 Å². The highest BCUT2D eigenvalue weighted by molar-refractivity contribution is 7.99. The van der Waals surface area contributed by atoms with Crippen LogP contribution in [0.2, 0.25) is 0 Å². The molecular weight excluding hydrogens is 462 g/mol. The van der Waals surface area contributed by atoms with Crippen LogP contribution in [0.5, 0.6) is 5.75 Å². The van der Waals surface area contributed by atoms with Crippen LogP contribution in [0.25, 0.3) is 10.6 Å². The van der Waals surface area contributed by atoms with Crippen molar-refractivity contribution in [1.29, 1.82) is 0 Å². The third-order valence-electron chi connectivity index (χ3n) is 5.46. The summed E-state index contributed by atoms with van der Waals surface area (Å²) in [6.07, 6.45) is 0.887. The highest BCUT2D eigenvalue weighted by Gasteiger charge is 2.21. The molecule has 1 unspecified atom stereocenters. The van der Waals surface area contributed by atoms with Gasteiger partial charge in [0, 0.05) is 20.6 Å². The molecule has 1 atom stereocenters. The van der Waals surface area contributed by atoms with E-state index >= 15 is 0 Å². The maximum absolute atomic E-state index is 10.8. The number of benzene rings is 3. The molecule has 6 heteroatoms. The predicted molar refractivity (Wildman–Crippen MR) is 140 cm³/mol. The summed E-state index contributed by atoms with van der Waals surface area (Å²) in [7, 11) is 0. The van der Waals surface area contributed by atoms with Crippen LogP contribution in [-0.4, -0.2) is 22.7 Å². The molecule has 174 valence electrons. The molecule has 34 heavy (non-hydrogen) atoms. The smallest absolute Gasteiger partial charge is 0.341 e. The van der Waals surface area contributed by atoms with E-state index in [1.165, 1.54) is 16.0 Å².